The predicted molar refractivity (Wildman–Crippen MR) is 74.7 cm³/mol. The molecule has 18 heavy (non-hydrogen) atoms. The van der Waals surface area contributed by atoms with Gasteiger partial charge in [-0.15, -0.1) is 0 Å². The van der Waals surface area contributed by atoms with E-state index in [0.717, 1.165) is 29.8 Å². The van der Waals surface area contributed by atoms with Crippen molar-refractivity contribution in [3.8, 4) is 0 Å². The Morgan fingerprint density at radius 2 is 2.11 bits per heavy atom. The van der Waals surface area contributed by atoms with Gasteiger partial charge in [-0.2, -0.15) is 0 Å². The molecule has 0 aliphatic heterocycles. The number of fused-ring (bicyclic) bond motifs is 1. The zero-order valence-electron chi connectivity index (χ0n) is 11.3. The topological polar surface area (TPSA) is 50.1 Å². The second kappa shape index (κ2) is 4.98. The van der Waals surface area contributed by atoms with Crippen molar-refractivity contribution < 1.29 is 5.11 Å². The molecule has 0 saturated heterocycles. The van der Waals surface area contributed by atoms with Gasteiger partial charge in [0.25, 0.3) is 0 Å². The Morgan fingerprint density at radius 1 is 1.39 bits per heavy atom. The van der Waals surface area contributed by atoms with Gasteiger partial charge in [-0.3, -0.25) is 0 Å². The zero-order chi connectivity index (χ0) is 13.2. The quantitative estimate of drug-likeness (QED) is 0.853. The van der Waals surface area contributed by atoms with E-state index in [0.29, 0.717) is 6.54 Å². The third-order valence-corrected chi connectivity index (χ3v) is 3.20. The van der Waals surface area contributed by atoms with Crippen molar-refractivity contribution in [2.45, 2.75) is 32.3 Å². The Kier molecular flexibility index (Phi) is 3.57. The third-order valence-electron chi connectivity index (χ3n) is 3.20. The minimum absolute atomic E-state index is 0.512. The molecule has 4 heteroatoms. The zero-order valence-corrected chi connectivity index (χ0v) is 11.3. The fraction of sp³-hybridized carbons (Fsp3) is 0.500. The van der Waals surface area contributed by atoms with Crippen LogP contribution in [0.4, 0.5) is 5.95 Å². The lowest BCUT2D eigenvalue weighted by molar-refractivity contribution is 0.0634. The van der Waals surface area contributed by atoms with Gasteiger partial charge in [-0.1, -0.05) is 25.5 Å². The molecule has 1 aromatic heterocycles. The molecule has 1 heterocycles. The molecule has 0 aliphatic rings. The molecule has 0 bridgehead atoms. The van der Waals surface area contributed by atoms with Gasteiger partial charge in [0.15, 0.2) is 0 Å². The number of aliphatic hydroxyl groups is 1. The van der Waals surface area contributed by atoms with Crippen LogP contribution in [0.2, 0.25) is 0 Å². The SMILES string of the molecule is CCCC(C)(O)CNc1nc2ccccc2n1C. The summed E-state index contributed by atoms with van der Waals surface area (Å²) in [7, 11) is 1.98. The number of para-hydroxylation sites is 2. The smallest absolute Gasteiger partial charge is 0.203 e. The summed E-state index contributed by atoms with van der Waals surface area (Å²) in [5.41, 5.74) is 1.38. The van der Waals surface area contributed by atoms with Crippen molar-refractivity contribution in [2.75, 3.05) is 11.9 Å². The molecule has 0 aliphatic carbocycles. The lowest BCUT2D eigenvalue weighted by Crippen LogP contribution is -2.33. The maximum Gasteiger partial charge on any atom is 0.203 e. The highest BCUT2D eigenvalue weighted by Gasteiger charge is 2.19. The van der Waals surface area contributed by atoms with Gasteiger partial charge in [0, 0.05) is 13.6 Å². The Bertz CT molecular complexity index is 531. The molecule has 1 atom stereocenters. The average Bonchev–Trinajstić information content (AvgIpc) is 2.65. The van der Waals surface area contributed by atoms with Gasteiger partial charge in [0.05, 0.1) is 16.6 Å². The molecule has 1 aromatic carbocycles. The van der Waals surface area contributed by atoms with Crippen molar-refractivity contribution in [2.24, 2.45) is 7.05 Å². The molecule has 0 spiro atoms. The van der Waals surface area contributed by atoms with Crippen molar-refractivity contribution >= 4 is 17.0 Å². The summed E-state index contributed by atoms with van der Waals surface area (Å²) in [5.74, 6) is 0.799. The number of hydrogen-bond acceptors (Lipinski definition) is 3. The van der Waals surface area contributed by atoms with E-state index >= 15 is 0 Å². The first-order chi connectivity index (χ1) is 8.53. The fourth-order valence-electron chi connectivity index (χ4n) is 2.20. The lowest BCUT2D eigenvalue weighted by atomic mass is 10.0. The van der Waals surface area contributed by atoms with Gasteiger partial charge in [-0.05, 0) is 25.5 Å². The largest absolute Gasteiger partial charge is 0.388 e. The highest BCUT2D eigenvalue weighted by atomic mass is 16.3. The standard InChI is InChI=1S/C14H21N3O/c1-4-9-14(2,18)10-15-13-16-11-7-5-6-8-12(11)17(13)3/h5-8,18H,4,9-10H2,1-3H3,(H,15,16). The summed E-state index contributed by atoms with van der Waals surface area (Å²) >= 11 is 0. The van der Waals surface area contributed by atoms with Gasteiger partial charge < -0.3 is 15.0 Å². The molecule has 0 fully saturated rings. The lowest BCUT2D eigenvalue weighted by Gasteiger charge is -2.23. The number of hydrogen-bond donors (Lipinski definition) is 2. The number of rotatable bonds is 5. The number of aryl methyl sites for hydroxylation is 1. The molecule has 98 valence electrons. The Morgan fingerprint density at radius 3 is 2.78 bits per heavy atom. The van der Waals surface area contributed by atoms with Crippen LogP contribution in [0.15, 0.2) is 24.3 Å². The van der Waals surface area contributed by atoms with Gasteiger partial charge in [-0.25, -0.2) is 4.98 Å². The number of benzene rings is 1. The Labute approximate surface area is 108 Å². The summed E-state index contributed by atoms with van der Waals surface area (Å²) in [6, 6.07) is 8.01. The molecule has 4 nitrogen and oxygen atoms in total. The van der Waals surface area contributed by atoms with E-state index in [9.17, 15) is 5.11 Å². The highest BCUT2D eigenvalue weighted by Crippen LogP contribution is 2.19. The maximum atomic E-state index is 10.1. The van der Waals surface area contributed by atoms with Crippen molar-refractivity contribution in [1.82, 2.24) is 9.55 Å². The van der Waals surface area contributed by atoms with Crippen molar-refractivity contribution in [3.05, 3.63) is 24.3 Å². The van der Waals surface area contributed by atoms with E-state index in [-0.39, 0.29) is 0 Å². The van der Waals surface area contributed by atoms with Gasteiger partial charge in [0.2, 0.25) is 5.95 Å². The molecule has 1 unspecified atom stereocenters. The number of nitrogens with one attached hydrogen (secondary N) is 1. The summed E-state index contributed by atoms with van der Waals surface area (Å²) in [6.07, 6.45) is 1.75. The Balaban J connectivity index is 2.15. The van der Waals surface area contributed by atoms with Crippen LogP contribution in [0, 0.1) is 0 Å². The summed E-state index contributed by atoms with van der Waals surface area (Å²) in [6.45, 7) is 4.44. The van der Waals surface area contributed by atoms with E-state index in [1.165, 1.54) is 0 Å². The summed E-state index contributed by atoms with van der Waals surface area (Å²) < 4.78 is 2.01. The summed E-state index contributed by atoms with van der Waals surface area (Å²) in [5, 5.41) is 13.4. The molecule has 0 saturated carbocycles. The first kappa shape index (κ1) is 12.9. The second-order valence-corrected chi connectivity index (χ2v) is 5.08. The molecule has 2 rings (SSSR count). The number of anilines is 1. The molecule has 0 amide bonds. The molecular weight excluding hydrogens is 226 g/mol. The second-order valence-electron chi connectivity index (χ2n) is 5.08. The molecule has 2 aromatic rings. The minimum atomic E-state index is -0.688. The van der Waals surface area contributed by atoms with E-state index in [4.69, 9.17) is 0 Å². The van der Waals surface area contributed by atoms with E-state index in [1.807, 2.05) is 42.8 Å². The van der Waals surface area contributed by atoms with Crippen LogP contribution < -0.4 is 5.32 Å². The highest BCUT2D eigenvalue weighted by molar-refractivity contribution is 5.78. The van der Waals surface area contributed by atoms with Gasteiger partial charge >= 0.3 is 0 Å². The molecule has 0 radical (unpaired) electrons. The first-order valence-electron chi connectivity index (χ1n) is 6.41. The van der Waals surface area contributed by atoms with E-state index in [1.54, 1.807) is 0 Å². The van der Waals surface area contributed by atoms with Crippen molar-refractivity contribution in [3.63, 3.8) is 0 Å². The fourth-order valence-corrected chi connectivity index (χ4v) is 2.20. The normalized spacial score (nSPS) is 14.7. The third kappa shape index (κ3) is 2.64. The molecule has 2 N–H and O–H groups in total. The van der Waals surface area contributed by atoms with Crippen molar-refractivity contribution in [1.29, 1.82) is 0 Å². The van der Waals surface area contributed by atoms with Crippen LogP contribution in [-0.2, 0) is 7.05 Å². The number of nitrogens with zero attached hydrogens (tertiary/aromatic N) is 2. The van der Waals surface area contributed by atoms with Crippen LogP contribution in [0.3, 0.4) is 0 Å². The van der Waals surface area contributed by atoms with Crippen LogP contribution in [0.1, 0.15) is 26.7 Å². The first-order valence-corrected chi connectivity index (χ1v) is 6.41. The maximum absolute atomic E-state index is 10.1. The van der Waals surface area contributed by atoms with Crippen LogP contribution in [0.25, 0.3) is 11.0 Å². The van der Waals surface area contributed by atoms with Crippen LogP contribution in [0.5, 0.6) is 0 Å². The Hall–Kier alpha value is -1.55. The molecular formula is C14H21N3O. The minimum Gasteiger partial charge on any atom is -0.388 e. The number of imidazole rings is 1. The van der Waals surface area contributed by atoms with Crippen LogP contribution in [-0.4, -0.2) is 26.8 Å². The predicted octanol–water partition coefficient (Wildman–Crippen LogP) is 2.54. The monoisotopic (exact) mass is 247 g/mol. The average molecular weight is 247 g/mol. The van der Waals surface area contributed by atoms with E-state index in [2.05, 4.69) is 17.2 Å². The van der Waals surface area contributed by atoms with Gasteiger partial charge in [0.1, 0.15) is 0 Å². The number of aromatic nitrogens is 2. The van der Waals surface area contributed by atoms with Crippen LogP contribution >= 0.6 is 0 Å². The van der Waals surface area contributed by atoms with E-state index < -0.39 is 5.60 Å². The summed E-state index contributed by atoms with van der Waals surface area (Å²) in [4.78, 5) is 4.52.